The summed E-state index contributed by atoms with van der Waals surface area (Å²) in [4.78, 5) is 0. The third-order valence-electron chi connectivity index (χ3n) is 0.706. The molecule has 0 N–H and O–H groups in total. The second kappa shape index (κ2) is 11.3. The summed E-state index contributed by atoms with van der Waals surface area (Å²) in [6, 6.07) is 0. The average Bonchev–Trinajstić information content (AvgIpc) is 2.26. The zero-order valence-corrected chi connectivity index (χ0v) is 8.24. The van der Waals surface area contributed by atoms with Gasteiger partial charge in [0.15, 0.2) is 0 Å². The molecule has 0 radical (unpaired) electrons. The SMILES string of the molecule is C#CC#CC#CC#CC#CC#COP=O. The van der Waals surface area contributed by atoms with E-state index in [-0.39, 0.29) is 0 Å². The van der Waals surface area contributed by atoms with Crippen LogP contribution in [0.15, 0.2) is 0 Å². The van der Waals surface area contributed by atoms with Crippen molar-refractivity contribution in [2.45, 2.75) is 0 Å². The fourth-order valence-corrected chi connectivity index (χ4v) is 0.405. The Hall–Kier alpha value is -2.74. The smallest absolute Gasteiger partial charge is 0.352 e. The van der Waals surface area contributed by atoms with Crippen molar-refractivity contribution in [3.05, 3.63) is 0 Å². The molecular weight excluding hydrogens is 207 g/mol. The normalized spacial score (nSPS) is 4.73. The van der Waals surface area contributed by atoms with E-state index in [0.717, 1.165) is 0 Å². The van der Waals surface area contributed by atoms with Gasteiger partial charge in [-0.15, -0.1) is 6.42 Å². The first-order valence-corrected chi connectivity index (χ1v) is 4.09. The summed E-state index contributed by atoms with van der Waals surface area (Å²) in [7, 11) is -0.506. The van der Waals surface area contributed by atoms with Crippen LogP contribution in [0, 0.1) is 71.7 Å². The molecule has 0 spiro atoms. The molecule has 15 heavy (non-hydrogen) atoms. The maximum absolute atomic E-state index is 9.72. The van der Waals surface area contributed by atoms with Gasteiger partial charge in [-0.1, -0.05) is 0 Å². The van der Waals surface area contributed by atoms with Gasteiger partial charge in [0.25, 0.3) is 0 Å². The van der Waals surface area contributed by atoms with Gasteiger partial charge >= 0.3 is 8.69 Å². The van der Waals surface area contributed by atoms with Crippen molar-refractivity contribution in [2.75, 3.05) is 0 Å². The molecule has 0 aliphatic rings. The summed E-state index contributed by atoms with van der Waals surface area (Å²) in [5.74, 6) is 23.3. The first kappa shape index (κ1) is 12.3. The van der Waals surface area contributed by atoms with Gasteiger partial charge in [-0.25, -0.2) is 4.57 Å². The standard InChI is InChI=1S/C12HO2P/c1-2-3-4-5-6-7-8-9-10-11-12-14-15-13/h1H. The average molecular weight is 208 g/mol. The molecule has 0 aromatic carbocycles. The summed E-state index contributed by atoms with van der Waals surface area (Å²) in [5.41, 5.74) is 0. The molecule has 0 saturated carbocycles. The quantitative estimate of drug-likeness (QED) is 0.471. The molecule has 0 unspecified atom stereocenters. The minimum atomic E-state index is -0.506. The van der Waals surface area contributed by atoms with Crippen molar-refractivity contribution in [3.63, 3.8) is 0 Å². The van der Waals surface area contributed by atoms with Crippen LogP contribution in [-0.2, 0) is 9.09 Å². The largest absolute Gasteiger partial charge is 0.405 e. The molecule has 0 aromatic heterocycles. The summed E-state index contributed by atoms with van der Waals surface area (Å²) in [5, 5.41) is 0. The van der Waals surface area contributed by atoms with Crippen LogP contribution >= 0.6 is 8.69 Å². The van der Waals surface area contributed by atoms with Crippen molar-refractivity contribution >= 4 is 8.69 Å². The van der Waals surface area contributed by atoms with E-state index < -0.39 is 8.69 Å². The van der Waals surface area contributed by atoms with Crippen molar-refractivity contribution in [1.29, 1.82) is 0 Å². The highest BCUT2D eigenvalue weighted by molar-refractivity contribution is 7.17. The molecular formula is C12HO2P. The molecule has 0 saturated heterocycles. The van der Waals surface area contributed by atoms with Gasteiger partial charge in [-0.3, -0.25) is 0 Å². The molecule has 66 valence electrons. The molecule has 0 aliphatic heterocycles. The highest BCUT2D eigenvalue weighted by Crippen LogP contribution is 1.87. The maximum Gasteiger partial charge on any atom is 0.405 e. The van der Waals surface area contributed by atoms with E-state index in [2.05, 4.69) is 69.8 Å². The zero-order chi connectivity index (χ0) is 11.2. The second-order valence-electron chi connectivity index (χ2n) is 1.54. The molecule has 0 rings (SSSR count). The predicted octanol–water partition coefficient (Wildman–Crippen LogP) is 0.817. The third kappa shape index (κ3) is 11.3. The Kier molecular flexibility index (Phi) is 9.20. The summed E-state index contributed by atoms with van der Waals surface area (Å²) < 4.78 is 13.9. The van der Waals surface area contributed by atoms with Crippen molar-refractivity contribution in [1.82, 2.24) is 0 Å². The fourth-order valence-electron chi connectivity index (χ4n) is 0.322. The Morgan fingerprint density at radius 1 is 0.800 bits per heavy atom. The maximum atomic E-state index is 9.72. The van der Waals surface area contributed by atoms with Crippen LogP contribution in [0.4, 0.5) is 0 Å². The molecule has 3 heteroatoms. The van der Waals surface area contributed by atoms with Gasteiger partial charge in [-0.05, 0) is 29.6 Å². The number of hydrogen-bond donors (Lipinski definition) is 0. The number of rotatable bonds is 1. The lowest BCUT2D eigenvalue weighted by Crippen LogP contribution is -1.56. The predicted molar refractivity (Wildman–Crippen MR) is 56.4 cm³/mol. The van der Waals surface area contributed by atoms with Crippen LogP contribution in [-0.4, -0.2) is 0 Å². The fraction of sp³-hybridized carbons (Fsp3) is 0. The van der Waals surface area contributed by atoms with E-state index in [1.807, 2.05) is 0 Å². The zero-order valence-electron chi connectivity index (χ0n) is 7.34. The van der Waals surface area contributed by atoms with Gasteiger partial charge in [-0.2, -0.15) is 0 Å². The highest BCUT2D eigenvalue weighted by Gasteiger charge is 1.64. The van der Waals surface area contributed by atoms with Gasteiger partial charge in [0.1, 0.15) is 6.11 Å². The molecule has 0 atom stereocenters. The minimum absolute atomic E-state index is 0.506. The first-order valence-electron chi connectivity index (χ1n) is 3.36. The summed E-state index contributed by atoms with van der Waals surface area (Å²) >= 11 is 0. The molecule has 0 heterocycles. The minimum Gasteiger partial charge on any atom is -0.352 e. The first-order chi connectivity index (χ1) is 7.41. The van der Waals surface area contributed by atoms with Gasteiger partial charge in [0.05, 0.1) is 0 Å². The Morgan fingerprint density at radius 3 is 1.73 bits per heavy atom. The van der Waals surface area contributed by atoms with Gasteiger partial charge in [0.2, 0.25) is 0 Å². The third-order valence-corrected chi connectivity index (χ3v) is 0.872. The Balaban J connectivity index is 4.11. The Morgan fingerprint density at radius 2 is 1.27 bits per heavy atom. The van der Waals surface area contributed by atoms with E-state index in [1.54, 1.807) is 0 Å². The van der Waals surface area contributed by atoms with Crippen LogP contribution in [0.3, 0.4) is 0 Å². The Labute approximate surface area is 90.1 Å². The summed E-state index contributed by atoms with van der Waals surface area (Å²) in [6.07, 6.45) is 6.91. The lowest BCUT2D eigenvalue weighted by molar-refractivity contribution is 0.506. The van der Waals surface area contributed by atoms with Gasteiger partial charge < -0.3 is 4.52 Å². The van der Waals surface area contributed by atoms with E-state index in [9.17, 15) is 4.57 Å². The van der Waals surface area contributed by atoms with E-state index in [1.165, 1.54) is 0 Å². The van der Waals surface area contributed by atoms with Gasteiger partial charge in [0, 0.05) is 29.6 Å². The molecule has 2 nitrogen and oxygen atoms in total. The Bertz CT molecular complexity index is 567. The van der Waals surface area contributed by atoms with Crippen LogP contribution < -0.4 is 0 Å². The van der Waals surface area contributed by atoms with Crippen molar-refractivity contribution in [2.24, 2.45) is 0 Å². The lowest BCUT2D eigenvalue weighted by Gasteiger charge is -1.65. The van der Waals surface area contributed by atoms with Crippen LogP contribution in [0.5, 0.6) is 0 Å². The summed E-state index contributed by atoms with van der Waals surface area (Å²) in [6.45, 7) is 0. The lowest BCUT2D eigenvalue weighted by atomic mass is 10.5. The molecule has 0 fully saturated rings. The van der Waals surface area contributed by atoms with Crippen LogP contribution in [0.25, 0.3) is 0 Å². The number of hydrogen-bond acceptors (Lipinski definition) is 2. The molecule has 0 aliphatic carbocycles. The van der Waals surface area contributed by atoms with E-state index in [4.69, 9.17) is 6.42 Å². The monoisotopic (exact) mass is 208 g/mol. The molecule has 0 aromatic rings. The van der Waals surface area contributed by atoms with Crippen molar-refractivity contribution < 1.29 is 9.09 Å². The number of terminal acetylenes is 1. The van der Waals surface area contributed by atoms with E-state index in [0.29, 0.717) is 0 Å². The second-order valence-corrected chi connectivity index (χ2v) is 1.87. The van der Waals surface area contributed by atoms with E-state index >= 15 is 0 Å². The van der Waals surface area contributed by atoms with Crippen LogP contribution in [0.1, 0.15) is 0 Å². The highest BCUT2D eigenvalue weighted by atomic mass is 31.1. The van der Waals surface area contributed by atoms with Crippen LogP contribution in [0.2, 0.25) is 0 Å². The topological polar surface area (TPSA) is 26.3 Å². The molecule has 0 bridgehead atoms. The molecule has 0 amide bonds. The van der Waals surface area contributed by atoms with Crippen molar-refractivity contribution in [3.8, 4) is 71.7 Å².